The molecule has 3 heteroatoms. The molecule has 1 N–H and O–H groups in total. The van der Waals surface area contributed by atoms with Crippen molar-refractivity contribution in [1.29, 1.82) is 0 Å². The van der Waals surface area contributed by atoms with Gasteiger partial charge in [0.05, 0.1) is 0 Å². The SMILES string of the molecule is C[C@H]1CN(C(=O)CC2CC2)CCN1. The molecule has 1 amide bonds. The van der Waals surface area contributed by atoms with Crippen molar-refractivity contribution in [3.8, 4) is 0 Å². The summed E-state index contributed by atoms with van der Waals surface area (Å²) in [5, 5.41) is 3.34. The van der Waals surface area contributed by atoms with Crippen molar-refractivity contribution < 1.29 is 4.79 Å². The molecular weight excluding hydrogens is 164 g/mol. The third-order valence-corrected chi connectivity index (χ3v) is 2.88. The van der Waals surface area contributed by atoms with Crippen LogP contribution in [0.4, 0.5) is 0 Å². The molecule has 74 valence electrons. The second kappa shape index (κ2) is 3.66. The summed E-state index contributed by atoms with van der Waals surface area (Å²) < 4.78 is 0. The van der Waals surface area contributed by atoms with Crippen molar-refractivity contribution in [3.63, 3.8) is 0 Å². The monoisotopic (exact) mass is 182 g/mol. The highest BCUT2D eigenvalue weighted by Crippen LogP contribution is 2.32. The Balaban J connectivity index is 1.80. The molecule has 3 nitrogen and oxygen atoms in total. The predicted octanol–water partition coefficient (Wildman–Crippen LogP) is 0.607. The summed E-state index contributed by atoms with van der Waals surface area (Å²) in [6.45, 7) is 4.88. The van der Waals surface area contributed by atoms with Crippen LogP contribution in [0.1, 0.15) is 26.2 Å². The summed E-state index contributed by atoms with van der Waals surface area (Å²) in [5.41, 5.74) is 0. The standard InChI is InChI=1S/C10H18N2O/c1-8-7-12(5-4-11-8)10(13)6-9-2-3-9/h8-9,11H,2-7H2,1H3/t8-/m0/s1. The second-order valence-corrected chi connectivity index (χ2v) is 4.34. The number of nitrogens with zero attached hydrogens (tertiary/aromatic N) is 1. The van der Waals surface area contributed by atoms with Gasteiger partial charge in [-0.2, -0.15) is 0 Å². The molecule has 1 saturated carbocycles. The summed E-state index contributed by atoms with van der Waals surface area (Å²) in [6.07, 6.45) is 3.34. The van der Waals surface area contributed by atoms with Gasteiger partial charge in [0.1, 0.15) is 0 Å². The third kappa shape index (κ3) is 2.44. The quantitative estimate of drug-likeness (QED) is 0.678. The normalized spacial score (nSPS) is 29.0. The van der Waals surface area contributed by atoms with Gasteiger partial charge in [-0.15, -0.1) is 0 Å². The molecule has 2 rings (SSSR count). The molecular formula is C10H18N2O. The van der Waals surface area contributed by atoms with E-state index in [0.29, 0.717) is 11.9 Å². The molecule has 1 heterocycles. The van der Waals surface area contributed by atoms with Gasteiger partial charge in [-0.3, -0.25) is 4.79 Å². The summed E-state index contributed by atoms with van der Waals surface area (Å²) in [5.74, 6) is 1.09. The molecule has 13 heavy (non-hydrogen) atoms. The summed E-state index contributed by atoms with van der Waals surface area (Å²) in [6, 6.07) is 0.469. The molecule has 1 atom stereocenters. The topological polar surface area (TPSA) is 32.3 Å². The average molecular weight is 182 g/mol. The maximum absolute atomic E-state index is 11.7. The molecule has 2 fully saturated rings. The second-order valence-electron chi connectivity index (χ2n) is 4.34. The molecule has 2 aliphatic rings. The van der Waals surface area contributed by atoms with Crippen LogP contribution in [0.2, 0.25) is 0 Å². The van der Waals surface area contributed by atoms with Crippen LogP contribution in [0.5, 0.6) is 0 Å². The lowest BCUT2D eigenvalue weighted by Crippen LogP contribution is -2.51. The Kier molecular flexibility index (Phi) is 2.54. The fraction of sp³-hybridized carbons (Fsp3) is 0.900. The number of carbonyl (C=O) groups is 1. The maximum Gasteiger partial charge on any atom is 0.222 e. The van der Waals surface area contributed by atoms with Crippen molar-refractivity contribution in [3.05, 3.63) is 0 Å². The highest BCUT2D eigenvalue weighted by molar-refractivity contribution is 5.76. The van der Waals surface area contributed by atoms with Crippen molar-refractivity contribution in [1.82, 2.24) is 10.2 Å². The Labute approximate surface area is 79.5 Å². The minimum absolute atomic E-state index is 0.371. The average Bonchev–Trinajstić information content (AvgIpc) is 2.88. The molecule has 0 aromatic carbocycles. The fourth-order valence-corrected chi connectivity index (χ4v) is 1.86. The molecule has 1 saturated heterocycles. The smallest absolute Gasteiger partial charge is 0.222 e. The van der Waals surface area contributed by atoms with Gasteiger partial charge in [0.15, 0.2) is 0 Å². The number of hydrogen-bond donors (Lipinski definition) is 1. The van der Waals surface area contributed by atoms with Gasteiger partial charge < -0.3 is 10.2 Å². The van der Waals surface area contributed by atoms with Gasteiger partial charge in [-0.05, 0) is 25.7 Å². The summed E-state index contributed by atoms with van der Waals surface area (Å²) >= 11 is 0. The van der Waals surface area contributed by atoms with Crippen LogP contribution >= 0.6 is 0 Å². The molecule has 0 spiro atoms. The molecule has 0 aromatic heterocycles. The van der Waals surface area contributed by atoms with E-state index in [9.17, 15) is 4.79 Å². The van der Waals surface area contributed by atoms with Crippen LogP contribution in [0.15, 0.2) is 0 Å². The van der Waals surface area contributed by atoms with E-state index in [1.807, 2.05) is 4.90 Å². The lowest BCUT2D eigenvalue weighted by molar-refractivity contribution is -0.132. The maximum atomic E-state index is 11.7. The highest BCUT2D eigenvalue weighted by atomic mass is 16.2. The van der Waals surface area contributed by atoms with Crippen LogP contribution in [0.25, 0.3) is 0 Å². The van der Waals surface area contributed by atoms with Crippen molar-refractivity contribution in [2.75, 3.05) is 19.6 Å². The molecule has 0 radical (unpaired) electrons. The Bertz CT molecular complexity index is 201. The summed E-state index contributed by atoms with van der Waals surface area (Å²) in [4.78, 5) is 13.7. The van der Waals surface area contributed by atoms with Gasteiger partial charge in [0.2, 0.25) is 5.91 Å². The van der Waals surface area contributed by atoms with Gasteiger partial charge in [-0.25, -0.2) is 0 Å². The number of piperazine rings is 1. The zero-order valence-electron chi connectivity index (χ0n) is 8.25. The zero-order valence-corrected chi connectivity index (χ0v) is 8.25. The summed E-state index contributed by atoms with van der Waals surface area (Å²) in [7, 11) is 0. The predicted molar refractivity (Wildman–Crippen MR) is 51.4 cm³/mol. The molecule has 1 aliphatic carbocycles. The van der Waals surface area contributed by atoms with E-state index in [1.54, 1.807) is 0 Å². The highest BCUT2D eigenvalue weighted by Gasteiger charge is 2.28. The van der Waals surface area contributed by atoms with E-state index in [2.05, 4.69) is 12.2 Å². The first-order valence-corrected chi connectivity index (χ1v) is 5.27. The van der Waals surface area contributed by atoms with Crippen molar-refractivity contribution in [2.24, 2.45) is 5.92 Å². The minimum atomic E-state index is 0.371. The van der Waals surface area contributed by atoms with Crippen molar-refractivity contribution >= 4 is 5.91 Å². The lowest BCUT2D eigenvalue weighted by Gasteiger charge is -2.32. The van der Waals surface area contributed by atoms with Gasteiger partial charge in [0, 0.05) is 32.1 Å². The van der Waals surface area contributed by atoms with Gasteiger partial charge in [-0.1, -0.05) is 0 Å². The largest absolute Gasteiger partial charge is 0.340 e. The Morgan fingerprint density at radius 3 is 2.92 bits per heavy atom. The molecule has 0 bridgehead atoms. The number of rotatable bonds is 2. The zero-order chi connectivity index (χ0) is 9.26. The first kappa shape index (κ1) is 9.00. The Morgan fingerprint density at radius 2 is 2.31 bits per heavy atom. The number of hydrogen-bond acceptors (Lipinski definition) is 2. The van der Waals surface area contributed by atoms with E-state index < -0.39 is 0 Å². The van der Waals surface area contributed by atoms with E-state index in [0.717, 1.165) is 32.0 Å². The minimum Gasteiger partial charge on any atom is -0.340 e. The Hall–Kier alpha value is -0.570. The lowest BCUT2D eigenvalue weighted by atomic mass is 10.2. The molecule has 0 aromatic rings. The molecule has 0 unspecified atom stereocenters. The first-order chi connectivity index (χ1) is 6.25. The van der Waals surface area contributed by atoms with E-state index in [1.165, 1.54) is 12.8 Å². The fourth-order valence-electron chi connectivity index (χ4n) is 1.86. The van der Waals surface area contributed by atoms with Gasteiger partial charge in [0.25, 0.3) is 0 Å². The van der Waals surface area contributed by atoms with Crippen LogP contribution in [0.3, 0.4) is 0 Å². The van der Waals surface area contributed by atoms with Crippen LogP contribution < -0.4 is 5.32 Å². The van der Waals surface area contributed by atoms with Crippen LogP contribution in [-0.4, -0.2) is 36.5 Å². The van der Waals surface area contributed by atoms with E-state index in [-0.39, 0.29) is 0 Å². The number of amides is 1. The van der Waals surface area contributed by atoms with E-state index in [4.69, 9.17) is 0 Å². The Morgan fingerprint density at radius 1 is 1.54 bits per heavy atom. The molecule has 1 aliphatic heterocycles. The first-order valence-electron chi connectivity index (χ1n) is 5.27. The van der Waals surface area contributed by atoms with Gasteiger partial charge >= 0.3 is 0 Å². The van der Waals surface area contributed by atoms with Crippen LogP contribution in [0, 0.1) is 5.92 Å². The third-order valence-electron chi connectivity index (χ3n) is 2.88. The van der Waals surface area contributed by atoms with Crippen molar-refractivity contribution in [2.45, 2.75) is 32.2 Å². The van der Waals surface area contributed by atoms with Crippen LogP contribution in [-0.2, 0) is 4.79 Å². The van der Waals surface area contributed by atoms with E-state index >= 15 is 0 Å². The number of carbonyl (C=O) groups excluding carboxylic acids is 1. The number of nitrogens with one attached hydrogen (secondary N) is 1.